The first-order valence-corrected chi connectivity index (χ1v) is 9.22. The topological polar surface area (TPSA) is 39.9 Å². The molecule has 0 atom stereocenters. The summed E-state index contributed by atoms with van der Waals surface area (Å²) >= 11 is 5.97. The highest BCUT2D eigenvalue weighted by molar-refractivity contribution is 6.30. The SMILES string of the molecule is Cn1c(-c2ccccc2OC(F)(F)F)nnc1[C@]1(c2ccc(Cl)cc2)C[C@@H](F)C1. The van der Waals surface area contributed by atoms with E-state index in [1.165, 1.54) is 18.2 Å². The van der Waals surface area contributed by atoms with Gasteiger partial charge in [0.1, 0.15) is 17.7 Å². The van der Waals surface area contributed by atoms with Crippen LogP contribution in [0.4, 0.5) is 17.6 Å². The molecule has 0 radical (unpaired) electrons. The monoisotopic (exact) mass is 425 g/mol. The molecule has 1 aliphatic carbocycles. The second kappa shape index (κ2) is 7.02. The number of nitrogens with zero attached hydrogens (tertiary/aromatic N) is 3. The fourth-order valence-corrected chi connectivity index (χ4v) is 3.98. The van der Waals surface area contributed by atoms with Gasteiger partial charge in [0.2, 0.25) is 0 Å². The van der Waals surface area contributed by atoms with Crippen molar-refractivity contribution in [3.05, 3.63) is 64.9 Å². The predicted octanol–water partition coefficient (Wildman–Crippen LogP) is 5.45. The molecule has 0 amide bonds. The Bertz CT molecular complexity index is 1030. The summed E-state index contributed by atoms with van der Waals surface area (Å²) in [6.07, 6.45) is -5.41. The number of ether oxygens (including phenoxy) is 1. The van der Waals surface area contributed by atoms with Crippen molar-refractivity contribution in [2.24, 2.45) is 7.05 Å². The van der Waals surface area contributed by atoms with Gasteiger partial charge in [0, 0.05) is 12.1 Å². The molecule has 0 unspecified atom stereocenters. The van der Waals surface area contributed by atoms with E-state index in [1.807, 2.05) is 12.1 Å². The van der Waals surface area contributed by atoms with E-state index in [0.29, 0.717) is 10.8 Å². The first-order valence-electron chi connectivity index (χ1n) is 8.85. The van der Waals surface area contributed by atoms with Crippen LogP contribution >= 0.6 is 11.6 Å². The normalized spacial score (nSPS) is 21.7. The van der Waals surface area contributed by atoms with Gasteiger partial charge in [0.15, 0.2) is 5.82 Å². The van der Waals surface area contributed by atoms with Crippen molar-refractivity contribution >= 4 is 11.6 Å². The van der Waals surface area contributed by atoms with Crippen LogP contribution < -0.4 is 4.74 Å². The molecule has 1 saturated carbocycles. The molecule has 1 aliphatic rings. The van der Waals surface area contributed by atoms with Gasteiger partial charge in [0.05, 0.1) is 11.0 Å². The summed E-state index contributed by atoms with van der Waals surface area (Å²) in [6, 6.07) is 12.8. The average Bonchev–Trinajstić information content (AvgIpc) is 3.00. The Morgan fingerprint density at radius 3 is 2.34 bits per heavy atom. The van der Waals surface area contributed by atoms with E-state index in [4.69, 9.17) is 11.6 Å². The molecule has 0 N–H and O–H groups in total. The Morgan fingerprint density at radius 2 is 1.72 bits per heavy atom. The van der Waals surface area contributed by atoms with Crippen molar-refractivity contribution < 1.29 is 22.3 Å². The van der Waals surface area contributed by atoms with E-state index >= 15 is 0 Å². The van der Waals surface area contributed by atoms with Crippen molar-refractivity contribution in [1.82, 2.24) is 14.8 Å². The predicted molar refractivity (Wildman–Crippen MR) is 99.5 cm³/mol. The highest BCUT2D eigenvalue weighted by atomic mass is 35.5. The van der Waals surface area contributed by atoms with E-state index in [1.54, 1.807) is 29.8 Å². The van der Waals surface area contributed by atoms with Gasteiger partial charge in [-0.05, 0) is 42.7 Å². The van der Waals surface area contributed by atoms with Crippen LogP contribution in [0.25, 0.3) is 11.4 Å². The minimum atomic E-state index is -4.84. The maximum absolute atomic E-state index is 13.9. The lowest BCUT2D eigenvalue weighted by Crippen LogP contribution is -2.45. The summed E-state index contributed by atoms with van der Waals surface area (Å²) in [5.41, 5.74) is 0.259. The Morgan fingerprint density at radius 1 is 1.07 bits per heavy atom. The van der Waals surface area contributed by atoms with Gasteiger partial charge < -0.3 is 9.30 Å². The van der Waals surface area contributed by atoms with E-state index < -0.39 is 17.9 Å². The van der Waals surface area contributed by atoms with Crippen molar-refractivity contribution in [1.29, 1.82) is 0 Å². The molecule has 29 heavy (non-hydrogen) atoms. The van der Waals surface area contributed by atoms with Gasteiger partial charge in [-0.1, -0.05) is 35.9 Å². The lowest BCUT2D eigenvalue weighted by atomic mass is 9.62. The number of para-hydroxylation sites is 1. The highest BCUT2D eigenvalue weighted by Crippen LogP contribution is 2.50. The molecule has 0 aliphatic heterocycles. The summed E-state index contributed by atoms with van der Waals surface area (Å²) < 4.78 is 58.0. The van der Waals surface area contributed by atoms with Crippen LogP contribution in [0.15, 0.2) is 48.5 Å². The zero-order valence-electron chi connectivity index (χ0n) is 15.3. The largest absolute Gasteiger partial charge is 0.573 e. The lowest BCUT2D eigenvalue weighted by Gasteiger charge is -2.43. The molecular formula is C20H16ClF4N3O. The summed E-state index contributed by atoms with van der Waals surface area (Å²) in [5, 5.41) is 8.90. The molecule has 4 nitrogen and oxygen atoms in total. The number of hydrogen-bond donors (Lipinski definition) is 0. The number of aromatic nitrogens is 3. The first-order chi connectivity index (χ1) is 13.7. The Labute approximate surface area is 169 Å². The number of benzene rings is 2. The van der Waals surface area contributed by atoms with Gasteiger partial charge in [-0.15, -0.1) is 23.4 Å². The van der Waals surface area contributed by atoms with Gasteiger partial charge in [-0.3, -0.25) is 0 Å². The number of halogens is 5. The van der Waals surface area contributed by atoms with Crippen LogP contribution in [0.2, 0.25) is 5.02 Å². The van der Waals surface area contributed by atoms with E-state index in [0.717, 1.165) is 5.56 Å². The minimum absolute atomic E-state index is 0.147. The van der Waals surface area contributed by atoms with E-state index in [2.05, 4.69) is 14.9 Å². The summed E-state index contributed by atoms with van der Waals surface area (Å²) in [7, 11) is 1.65. The second-order valence-electron chi connectivity index (χ2n) is 7.04. The second-order valence-corrected chi connectivity index (χ2v) is 7.48. The maximum Gasteiger partial charge on any atom is 0.573 e. The third-order valence-electron chi connectivity index (χ3n) is 5.19. The third kappa shape index (κ3) is 3.57. The van der Waals surface area contributed by atoms with Crippen molar-refractivity contribution in [3.8, 4) is 17.1 Å². The Hall–Kier alpha value is -2.61. The average molecular weight is 426 g/mol. The molecule has 4 rings (SSSR count). The molecule has 0 saturated heterocycles. The maximum atomic E-state index is 13.9. The zero-order chi connectivity index (χ0) is 20.8. The lowest BCUT2D eigenvalue weighted by molar-refractivity contribution is -0.274. The first kappa shape index (κ1) is 19.7. The molecule has 2 aromatic carbocycles. The van der Waals surface area contributed by atoms with Crippen molar-refractivity contribution in [2.75, 3.05) is 0 Å². The fourth-order valence-electron chi connectivity index (χ4n) is 3.86. The fraction of sp³-hybridized carbons (Fsp3) is 0.300. The van der Waals surface area contributed by atoms with Gasteiger partial charge in [-0.25, -0.2) is 4.39 Å². The Balaban J connectivity index is 1.79. The molecule has 1 heterocycles. The minimum Gasteiger partial charge on any atom is -0.405 e. The Kier molecular flexibility index (Phi) is 4.77. The quantitative estimate of drug-likeness (QED) is 0.522. The van der Waals surface area contributed by atoms with Crippen molar-refractivity contribution in [3.63, 3.8) is 0 Å². The smallest absolute Gasteiger partial charge is 0.405 e. The third-order valence-corrected chi connectivity index (χ3v) is 5.45. The molecule has 0 spiro atoms. The van der Waals surface area contributed by atoms with E-state index in [-0.39, 0.29) is 30.0 Å². The summed E-state index contributed by atoms with van der Waals surface area (Å²) in [4.78, 5) is 0. The van der Waals surface area contributed by atoms with Crippen LogP contribution in [0.3, 0.4) is 0 Å². The number of alkyl halides is 4. The molecule has 152 valence electrons. The van der Waals surface area contributed by atoms with Crippen molar-refractivity contribution in [2.45, 2.75) is 30.8 Å². The molecule has 0 bridgehead atoms. The van der Waals surface area contributed by atoms with Crippen LogP contribution in [-0.4, -0.2) is 27.3 Å². The van der Waals surface area contributed by atoms with Gasteiger partial charge >= 0.3 is 6.36 Å². The van der Waals surface area contributed by atoms with Gasteiger partial charge in [-0.2, -0.15) is 0 Å². The number of hydrogen-bond acceptors (Lipinski definition) is 3. The summed E-state index contributed by atoms with van der Waals surface area (Å²) in [6.45, 7) is 0. The standard InChI is InChI=1S/C20H16ClF4N3O/c1-28-17(15-4-2-3-5-16(15)29-20(23,24)25)26-27-18(28)19(10-14(22)11-19)12-6-8-13(21)9-7-12/h2-9,14H,10-11H2,1H3/t14-,19-. The number of rotatable bonds is 4. The zero-order valence-corrected chi connectivity index (χ0v) is 16.0. The van der Waals surface area contributed by atoms with Crippen LogP contribution in [0.1, 0.15) is 24.2 Å². The molecular weight excluding hydrogens is 410 g/mol. The van der Waals surface area contributed by atoms with Crippen LogP contribution in [0.5, 0.6) is 5.75 Å². The molecule has 1 fully saturated rings. The highest BCUT2D eigenvalue weighted by Gasteiger charge is 2.51. The summed E-state index contributed by atoms with van der Waals surface area (Å²) in [5.74, 6) is 0.306. The van der Waals surface area contributed by atoms with Crippen LogP contribution in [0, 0.1) is 0 Å². The molecule has 9 heteroatoms. The van der Waals surface area contributed by atoms with Crippen LogP contribution in [-0.2, 0) is 12.5 Å². The van der Waals surface area contributed by atoms with E-state index in [9.17, 15) is 17.6 Å². The molecule has 1 aromatic heterocycles. The molecule has 3 aromatic rings. The van der Waals surface area contributed by atoms with Gasteiger partial charge in [0.25, 0.3) is 0 Å².